The van der Waals surface area contributed by atoms with E-state index in [1.54, 1.807) is 23.1 Å². The highest BCUT2D eigenvalue weighted by Gasteiger charge is 2.28. The monoisotopic (exact) mass is 296 g/mol. The van der Waals surface area contributed by atoms with Crippen molar-refractivity contribution in [2.45, 2.75) is 38.1 Å². The van der Waals surface area contributed by atoms with Crippen molar-refractivity contribution in [1.82, 2.24) is 9.88 Å². The van der Waals surface area contributed by atoms with Crippen LogP contribution in [-0.2, 0) is 4.79 Å². The number of hydrogen-bond donors (Lipinski definition) is 1. The minimum atomic E-state index is -0.830. The molecule has 1 saturated heterocycles. The van der Waals surface area contributed by atoms with E-state index in [0.717, 1.165) is 19.3 Å². The molecule has 1 fully saturated rings. The molecule has 1 amide bonds. The Kier molecular flexibility index (Phi) is 4.95. The lowest BCUT2D eigenvalue weighted by atomic mass is 9.97. The molecule has 1 atom stereocenters. The Bertz CT molecular complexity index is 507. The van der Waals surface area contributed by atoms with Gasteiger partial charge in [0.2, 0.25) is 0 Å². The third-order valence-corrected chi connectivity index (χ3v) is 3.72. The van der Waals surface area contributed by atoms with Gasteiger partial charge in [-0.3, -0.25) is 9.59 Å². The van der Waals surface area contributed by atoms with Crippen molar-refractivity contribution < 1.29 is 14.7 Å². The second-order valence-electron chi connectivity index (χ2n) is 4.93. The SMILES string of the molecule is O=C(O)CCC1CCCCN1C(=O)c1cccc(Cl)n1. The normalized spacial score (nSPS) is 18.9. The first-order valence-electron chi connectivity index (χ1n) is 6.73. The van der Waals surface area contributed by atoms with E-state index in [0.29, 0.717) is 18.7 Å². The van der Waals surface area contributed by atoms with Crippen molar-refractivity contribution in [1.29, 1.82) is 0 Å². The van der Waals surface area contributed by atoms with Crippen LogP contribution < -0.4 is 0 Å². The number of aromatic nitrogens is 1. The summed E-state index contributed by atoms with van der Waals surface area (Å²) in [4.78, 5) is 28.9. The van der Waals surface area contributed by atoms with Crippen molar-refractivity contribution in [3.05, 3.63) is 29.0 Å². The summed E-state index contributed by atoms with van der Waals surface area (Å²) < 4.78 is 0. The quantitative estimate of drug-likeness (QED) is 0.867. The molecule has 0 radical (unpaired) electrons. The van der Waals surface area contributed by atoms with Crippen LogP contribution in [0.1, 0.15) is 42.6 Å². The molecular formula is C14H17ClN2O3. The largest absolute Gasteiger partial charge is 0.481 e. The summed E-state index contributed by atoms with van der Waals surface area (Å²) in [5.41, 5.74) is 0.319. The van der Waals surface area contributed by atoms with Crippen LogP contribution in [0.4, 0.5) is 0 Å². The highest BCUT2D eigenvalue weighted by molar-refractivity contribution is 6.29. The van der Waals surface area contributed by atoms with Crippen molar-refractivity contribution >= 4 is 23.5 Å². The Morgan fingerprint density at radius 2 is 2.20 bits per heavy atom. The molecule has 0 bridgehead atoms. The zero-order valence-corrected chi connectivity index (χ0v) is 11.8. The van der Waals surface area contributed by atoms with Crippen molar-refractivity contribution in [2.75, 3.05) is 6.54 Å². The average molecular weight is 297 g/mol. The molecule has 20 heavy (non-hydrogen) atoms. The minimum Gasteiger partial charge on any atom is -0.481 e. The van der Waals surface area contributed by atoms with Crippen LogP contribution in [0.2, 0.25) is 5.15 Å². The van der Waals surface area contributed by atoms with Gasteiger partial charge in [0.15, 0.2) is 0 Å². The molecule has 1 aliphatic heterocycles. The van der Waals surface area contributed by atoms with E-state index in [9.17, 15) is 9.59 Å². The number of carbonyl (C=O) groups is 2. The van der Waals surface area contributed by atoms with Gasteiger partial charge in [-0.15, -0.1) is 0 Å². The molecular weight excluding hydrogens is 280 g/mol. The topological polar surface area (TPSA) is 70.5 Å². The Hall–Kier alpha value is -1.62. The summed E-state index contributed by atoms with van der Waals surface area (Å²) in [5, 5.41) is 9.08. The van der Waals surface area contributed by atoms with Gasteiger partial charge < -0.3 is 10.0 Å². The molecule has 0 spiro atoms. The van der Waals surface area contributed by atoms with Gasteiger partial charge in [-0.2, -0.15) is 0 Å². The highest BCUT2D eigenvalue weighted by Crippen LogP contribution is 2.23. The van der Waals surface area contributed by atoms with E-state index in [1.165, 1.54) is 0 Å². The fraction of sp³-hybridized carbons (Fsp3) is 0.500. The van der Waals surface area contributed by atoms with E-state index < -0.39 is 5.97 Å². The second-order valence-corrected chi connectivity index (χ2v) is 5.31. The Labute approximate surface area is 122 Å². The third kappa shape index (κ3) is 3.70. The number of aliphatic carboxylic acids is 1. The van der Waals surface area contributed by atoms with Crippen molar-refractivity contribution in [3.63, 3.8) is 0 Å². The summed E-state index contributed by atoms with van der Waals surface area (Å²) in [6.45, 7) is 0.650. The number of carboxylic acids is 1. The maximum Gasteiger partial charge on any atom is 0.303 e. The average Bonchev–Trinajstić information content (AvgIpc) is 2.44. The number of nitrogens with zero attached hydrogens (tertiary/aromatic N) is 2. The van der Waals surface area contributed by atoms with Crippen LogP contribution in [0.15, 0.2) is 18.2 Å². The van der Waals surface area contributed by atoms with Crippen molar-refractivity contribution in [3.8, 4) is 0 Å². The molecule has 1 aromatic rings. The maximum absolute atomic E-state index is 12.5. The van der Waals surface area contributed by atoms with Gasteiger partial charge in [-0.05, 0) is 37.8 Å². The predicted molar refractivity (Wildman–Crippen MR) is 74.8 cm³/mol. The molecule has 0 saturated carbocycles. The summed E-state index contributed by atoms with van der Waals surface area (Å²) >= 11 is 5.81. The molecule has 2 rings (SSSR count). The van der Waals surface area contributed by atoms with Gasteiger partial charge in [0.05, 0.1) is 0 Å². The van der Waals surface area contributed by atoms with Gasteiger partial charge >= 0.3 is 5.97 Å². The lowest BCUT2D eigenvalue weighted by molar-refractivity contribution is -0.137. The van der Waals surface area contributed by atoms with E-state index in [4.69, 9.17) is 16.7 Å². The molecule has 1 aromatic heterocycles. The number of halogens is 1. The van der Waals surface area contributed by atoms with Crippen LogP contribution in [0.3, 0.4) is 0 Å². The number of piperidine rings is 1. The van der Waals surface area contributed by atoms with Crippen LogP contribution >= 0.6 is 11.6 Å². The molecule has 5 nitrogen and oxygen atoms in total. The molecule has 1 unspecified atom stereocenters. The number of likely N-dealkylation sites (tertiary alicyclic amines) is 1. The number of carboxylic acid groups (broad SMARTS) is 1. The standard InChI is InChI=1S/C14H17ClN2O3/c15-12-6-3-5-11(16-12)14(20)17-9-2-1-4-10(17)7-8-13(18)19/h3,5-6,10H,1-2,4,7-9H2,(H,18,19). The van der Waals surface area contributed by atoms with E-state index >= 15 is 0 Å². The smallest absolute Gasteiger partial charge is 0.303 e. The van der Waals surface area contributed by atoms with Crippen LogP contribution in [0.5, 0.6) is 0 Å². The number of pyridine rings is 1. The van der Waals surface area contributed by atoms with Crippen molar-refractivity contribution in [2.24, 2.45) is 0 Å². The number of carbonyl (C=O) groups excluding carboxylic acids is 1. The number of rotatable bonds is 4. The molecule has 1 aliphatic rings. The molecule has 1 N–H and O–H groups in total. The molecule has 2 heterocycles. The van der Waals surface area contributed by atoms with Gasteiger partial charge in [0.25, 0.3) is 5.91 Å². The van der Waals surface area contributed by atoms with Gasteiger partial charge in [0.1, 0.15) is 10.8 Å². The Balaban J connectivity index is 2.10. The summed E-state index contributed by atoms with van der Waals surface area (Å²) in [6.07, 6.45) is 3.38. The van der Waals surface area contributed by atoms with E-state index in [2.05, 4.69) is 4.98 Å². The summed E-state index contributed by atoms with van der Waals surface area (Å²) in [6, 6.07) is 4.93. The molecule has 0 aliphatic carbocycles. The van der Waals surface area contributed by atoms with Crippen LogP contribution in [0, 0.1) is 0 Å². The first-order valence-corrected chi connectivity index (χ1v) is 7.11. The maximum atomic E-state index is 12.5. The van der Waals surface area contributed by atoms with Gasteiger partial charge in [0, 0.05) is 19.0 Å². The Morgan fingerprint density at radius 3 is 2.90 bits per heavy atom. The Morgan fingerprint density at radius 1 is 1.40 bits per heavy atom. The lowest BCUT2D eigenvalue weighted by Crippen LogP contribution is -2.44. The highest BCUT2D eigenvalue weighted by atomic mass is 35.5. The molecule has 6 heteroatoms. The number of hydrogen-bond acceptors (Lipinski definition) is 3. The van der Waals surface area contributed by atoms with Crippen LogP contribution in [0.25, 0.3) is 0 Å². The van der Waals surface area contributed by atoms with Gasteiger partial charge in [-0.1, -0.05) is 17.7 Å². The predicted octanol–water partition coefficient (Wildman–Crippen LogP) is 2.59. The first kappa shape index (κ1) is 14.8. The zero-order chi connectivity index (χ0) is 14.5. The molecule has 0 aromatic carbocycles. The minimum absolute atomic E-state index is 0.0202. The molecule has 108 valence electrons. The summed E-state index contributed by atoms with van der Waals surface area (Å²) in [5.74, 6) is -0.994. The first-order chi connectivity index (χ1) is 9.58. The van der Waals surface area contributed by atoms with Gasteiger partial charge in [-0.25, -0.2) is 4.98 Å². The van der Waals surface area contributed by atoms with Crippen LogP contribution in [-0.4, -0.2) is 39.5 Å². The zero-order valence-electron chi connectivity index (χ0n) is 11.1. The third-order valence-electron chi connectivity index (χ3n) is 3.51. The lowest BCUT2D eigenvalue weighted by Gasteiger charge is -2.35. The second kappa shape index (κ2) is 6.70. The van der Waals surface area contributed by atoms with E-state index in [-0.39, 0.29) is 23.5 Å². The van der Waals surface area contributed by atoms with E-state index in [1.807, 2.05) is 0 Å². The number of amides is 1. The fourth-order valence-electron chi connectivity index (χ4n) is 2.53. The summed E-state index contributed by atoms with van der Waals surface area (Å²) in [7, 11) is 0. The fourth-order valence-corrected chi connectivity index (χ4v) is 2.70.